The first kappa shape index (κ1) is 35.9. The highest BCUT2D eigenvalue weighted by molar-refractivity contribution is 5.83. The van der Waals surface area contributed by atoms with E-state index in [-0.39, 0.29) is 49.5 Å². The van der Waals surface area contributed by atoms with Crippen LogP contribution in [-0.4, -0.2) is 46.7 Å². The molecule has 0 radical (unpaired) electrons. The molecule has 8 nitrogen and oxygen atoms in total. The number of aliphatic hydroxyl groups is 1. The fourth-order valence-electron chi connectivity index (χ4n) is 6.77. The van der Waals surface area contributed by atoms with Crippen molar-refractivity contribution < 1.29 is 29.3 Å². The maximum Gasteiger partial charge on any atom is 0.303 e. The van der Waals surface area contributed by atoms with Crippen molar-refractivity contribution in [3.63, 3.8) is 0 Å². The molecule has 1 amide bonds. The highest BCUT2D eigenvalue weighted by Gasteiger charge is 2.39. The zero-order valence-electron chi connectivity index (χ0n) is 29.4. The number of nitrogens with zero attached hydrogens (tertiary/aromatic N) is 1. The minimum atomic E-state index is -0.995. The number of amides is 1. The number of hydrogen-bond acceptors (Lipinski definition) is 6. The minimum Gasteiger partial charge on any atom is -0.481 e. The maximum atomic E-state index is 12.2. The highest BCUT2D eigenvalue weighted by atomic mass is 16.7. The van der Waals surface area contributed by atoms with Crippen molar-refractivity contribution in [3.05, 3.63) is 143 Å². The topological polar surface area (TPSA) is 108 Å². The summed E-state index contributed by atoms with van der Waals surface area (Å²) in [4.78, 5) is 25.4. The van der Waals surface area contributed by atoms with Crippen molar-refractivity contribution in [1.29, 1.82) is 0 Å². The second-order valence-electron chi connectivity index (χ2n) is 13.5. The Morgan fingerprint density at radius 1 is 0.824 bits per heavy atom. The SMILES string of the molecule is C[C@H]1[C@@H](CN(C)[C@H](C)c2ccc3ccccc3c2)O[C@@H](c2ccc(-c3ccccc3CNC(=O)CCC(=O)O)cc2)O[C@H]1c1ccc(CO)cc1. The van der Waals surface area contributed by atoms with Crippen LogP contribution in [0.15, 0.2) is 115 Å². The Kier molecular flexibility index (Phi) is 11.6. The Hall–Kier alpha value is -4.86. The predicted octanol–water partition coefficient (Wildman–Crippen LogP) is 7.96. The molecule has 5 aromatic carbocycles. The van der Waals surface area contributed by atoms with Crippen LogP contribution in [0.2, 0.25) is 0 Å². The fraction of sp³-hybridized carbons (Fsp3) is 0.302. The molecule has 0 aromatic heterocycles. The van der Waals surface area contributed by atoms with Crippen LogP contribution in [0.25, 0.3) is 21.9 Å². The third-order valence-electron chi connectivity index (χ3n) is 10.1. The van der Waals surface area contributed by atoms with E-state index in [0.29, 0.717) is 13.1 Å². The molecule has 6 rings (SSSR count). The van der Waals surface area contributed by atoms with Gasteiger partial charge in [-0.15, -0.1) is 0 Å². The number of carbonyl (C=O) groups excluding carboxylic acids is 1. The van der Waals surface area contributed by atoms with Gasteiger partial charge in [-0.2, -0.15) is 0 Å². The van der Waals surface area contributed by atoms with E-state index in [1.54, 1.807) is 0 Å². The van der Waals surface area contributed by atoms with Gasteiger partial charge in [0.2, 0.25) is 5.91 Å². The highest BCUT2D eigenvalue weighted by Crippen LogP contribution is 2.42. The molecule has 0 saturated carbocycles. The molecule has 5 aromatic rings. The summed E-state index contributed by atoms with van der Waals surface area (Å²) in [7, 11) is 2.15. The van der Waals surface area contributed by atoms with Gasteiger partial charge in [0.1, 0.15) is 0 Å². The number of benzene rings is 5. The van der Waals surface area contributed by atoms with Crippen LogP contribution < -0.4 is 5.32 Å². The molecule has 51 heavy (non-hydrogen) atoms. The molecule has 0 spiro atoms. The average Bonchev–Trinajstić information content (AvgIpc) is 3.16. The number of carbonyl (C=O) groups is 2. The Bertz CT molecular complexity index is 1940. The number of fused-ring (bicyclic) bond motifs is 1. The van der Waals surface area contributed by atoms with E-state index in [4.69, 9.17) is 14.6 Å². The molecule has 8 heteroatoms. The Morgan fingerprint density at radius 3 is 2.24 bits per heavy atom. The summed E-state index contributed by atoms with van der Waals surface area (Å²) in [5, 5.41) is 23.8. The van der Waals surface area contributed by atoms with E-state index >= 15 is 0 Å². The zero-order valence-corrected chi connectivity index (χ0v) is 29.4. The van der Waals surface area contributed by atoms with Crippen molar-refractivity contribution in [1.82, 2.24) is 10.2 Å². The number of carboxylic acids is 1. The lowest BCUT2D eigenvalue weighted by Gasteiger charge is -2.43. The molecule has 1 aliphatic heterocycles. The van der Waals surface area contributed by atoms with Crippen LogP contribution in [-0.2, 0) is 32.2 Å². The van der Waals surface area contributed by atoms with E-state index < -0.39 is 12.3 Å². The third kappa shape index (κ3) is 8.72. The molecule has 1 saturated heterocycles. The standard InChI is InChI=1S/C43H46N2O6/c1-28-39(26-45(3)29(2)35-21-16-31-8-4-5-9-36(31)24-35)50-43(51-42(28)33-14-12-30(27-46)13-15-33)34-19-17-32(18-20-34)38-11-7-6-10-37(38)25-44-40(47)22-23-41(48)49/h4-21,24,28-29,39,42-43,46H,22-23,25-27H2,1-3H3,(H,44,47)(H,48,49)/t28-,29+,39+,42+,43+/m0/s1. The molecule has 0 unspecified atom stereocenters. The molecule has 0 bridgehead atoms. The first-order valence-electron chi connectivity index (χ1n) is 17.6. The van der Waals surface area contributed by atoms with Crippen molar-refractivity contribution in [2.24, 2.45) is 5.92 Å². The van der Waals surface area contributed by atoms with Crippen molar-refractivity contribution in [3.8, 4) is 11.1 Å². The fourth-order valence-corrected chi connectivity index (χ4v) is 6.77. The lowest BCUT2D eigenvalue weighted by molar-refractivity contribution is -0.276. The van der Waals surface area contributed by atoms with Crippen LogP contribution in [0, 0.1) is 5.92 Å². The van der Waals surface area contributed by atoms with E-state index in [2.05, 4.69) is 73.6 Å². The molecule has 0 aliphatic carbocycles. The normalized spacial score (nSPS) is 19.5. The molecule has 1 aliphatic rings. The number of rotatable bonds is 13. The van der Waals surface area contributed by atoms with E-state index in [1.807, 2.05) is 72.8 Å². The first-order valence-corrected chi connectivity index (χ1v) is 17.6. The van der Waals surface area contributed by atoms with E-state index in [9.17, 15) is 14.7 Å². The van der Waals surface area contributed by atoms with Gasteiger partial charge in [-0.25, -0.2) is 0 Å². The number of nitrogens with one attached hydrogen (secondary N) is 1. The molecular weight excluding hydrogens is 640 g/mol. The minimum absolute atomic E-state index is 0.0141. The number of ether oxygens (including phenoxy) is 2. The first-order chi connectivity index (χ1) is 24.7. The van der Waals surface area contributed by atoms with Gasteiger partial charge in [-0.1, -0.05) is 116 Å². The summed E-state index contributed by atoms with van der Waals surface area (Å²) >= 11 is 0. The van der Waals surface area contributed by atoms with Crippen LogP contribution >= 0.6 is 0 Å². The van der Waals surface area contributed by atoms with Crippen LogP contribution in [0.5, 0.6) is 0 Å². The Labute approximate surface area is 299 Å². The van der Waals surface area contributed by atoms with E-state index in [0.717, 1.165) is 33.4 Å². The van der Waals surface area contributed by atoms with E-state index in [1.165, 1.54) is 16.3 Å². The lowest BCUT2D eigenvalue weighted by atomic mass is 9.89. The van der Waals surface area contributed by atoms with Crippen LogP contribution in [0.1, 0.15) is 72.9 Å². The largest absolute Gasteiger partial charge is 0.481 e. The second kappa shape index (κ2) is 16.4. The van der Waals surface area contributed by atoms with Crippen molar-refractivity contribution in [2.75, 3.05) is 13.6 Å². The van der Waals surface area contributed by atoms with Gasteiger partial charge < -0.3 is 25.0 Å². The smallest absolute Gasteiger partial charge is 0.303 e. The summed E-state index contributed by atoms with van der Waals surface area (Å²) in [5.41, 5.74) is 6.94. The summed E-state index contributed by atoms with van der Waals surface area (Å²) in [6, 6.07) is 39.2. The van der Waals surface area contributed by atoms with Gasteiger partial charge in [0.05, 0.1) is 25.2 Å². The predicted molar refractivity (Wildman–Crippen MR) is 199 cm³/mol. The van der Waals surface area contributed by atoms with Gasteiger partial charge in [-0.3, -0.25) is 14.5 Å². The molecule has 3 N–H and O–H groups in total. The number of carboxylic acid groups (broad SMARTS) is 1. The Morgan fingerprint density at radius 2 is 1.51 bits per heavy atom. The molecule has 264 valence electrons. The number of hydrogen-bond donors (Lipinski definition) is 3. The number of aliphatic carboxylic acids is 1. The maximum absolute atomic E-state index is 12.2. The zero-order chi connectivity index (χ0) is 35.9. The van der Waals surface area contributed by atoms with Gasteiger partial charge in [0.15, 0.2) is 6.29 Å². The molecule has 1 heterocycles. The van der Waals surface area contributed by atoms with Gasteiger partial charge in [0, 0.05) is 37.0 Å². The van der Waals surface area contributed by atoms with Gasteiger partial charge in [-0.05, 0) is 64.2 Å². The molecular formula is C43H46N2O6. The lowest BCUT2D eigenvalue weighted by Crippen LogP contribution is -2.44. The number of likely N-dealkylation sites (N-methyl/N-ethyl adjacent to an activating group) is 1. The third-order valence-corrected chi connectivity index (χ3v) is 10.1. The summed E-state index contributed by atoms with van der Waals surface area (Å²) in [6.07, 6.45) is -1.22. The van der Waals surface area contributed by atoms with Crippen LogP contribution in [0.4, 0.5) is 0 Å². The van der Waals surface area contributed by atoms with Crippen molar-refractivity contribution >= 4 is 22.6 Å². The summed E-state index contributed by atoms with van der Waals surface area (Å²) < 4.78 is 13.5. The summed E-state index contributed by atoms with van der Waals surface area (Å²) in [6.45, 7) is 5.39. The average molecular weight is 687 g/mol. The van der Waals surface area contributed by atoms with Gasteiger partial charge >= 0.3 is 5.97 Å². The molecule has 5 atom stereocenters. The monoisotopic (exact) mass is 686 g/mol. The van der Waals surface area contributed by atoms with Gasteiger partial charge in [0.25, 0.3) is 0 Å². The number of aliphatic hydroxyl groups excluding tert-OH is 1. The summed E-state index contributed by atoms with van der Waals surface area (Å²) in [5.74, 6) is -1.24. The second-order valence-corrected chi connectivity index (χ2v) is 13.5. The Balaban J connectivity index is 1.22. The quantitative estimate of drug-likeness (QED) is 0.115. The molecule has 1 fully saturated rings. The van der Waals surface area contributed by atoms with Crippen molar-refractivity contribution in [2.45, 2.75) is 64.4 Å². The van der Waals surface area contributed by atoms with Crippen LogP contribution in [0.3, 0.4) is 0 Å².